The summed E-state index contributed by atoms with van der Waals surface area (Å²) in [5, 5.41) is 4.25. The van der Waals surface area contributed by atoms with Crippen LogP contribution in [0.1, 0.15) is 16.1 Å². The number of nitrogen functional groups attached to an aromatic ring is 1. The van der Waals surface area contributed by atoms with Crippen molar-refractivity contribution in [2.45, 2.75) is 6.92 Å². The zero-order valence-electron chi connectivity index (χ0n) is 10.7. The molecule has 94 valence electrons. The number of benzene rings is 1. The molecule has 2 aromatic rings. The van der Waals surface area contributed by atoms with Crippen molar-refractivity contribution in [3.05, 3.63) is 41.7 Å². The van der Waals surface area contributed by atoms with E-state index in [2.05, 4.69) is 5.10 Å². The summed E-state index contributed by atoms with van der Waals surface area (Å²) < 4.78 is 1.62. The summed E-state index contributed by atoms with van der Waals surface area (Å²) in [6, 6.07) is 7.41. The van der Waals surface area contributed by atoms with Crippen LogP contribution in [0.15, 0.2) is 30.5 Å². The molecule has 5 heteroatoms. The van der Waals surface area contributed by atoms with Crippen molar-refractivity contribution in [3.8, 4) is 5.69 Å². The molecule has 0 fully saturated rings. The van der Waals surface area contributed by atoms with E-state index < -0.39 is 0 Å². The fourth-order valence-corrected chi connectivity index (χ4v) is 1.67. The number of anilines is 1. The minimum Gasteiger partial charge on any atom is -0.397 e. The van der Waals surface area contributed by atoms with Gasteiger partial charge in [-0.1, -0.05) is 12.1 Å². The van der Waals surface area contributed by atoms with E-state index >= 15 is 0 Å². The molecule has 1 heterocycles. The lowest BCUT2D eigenvalue weighted by Crippen LogP contribution is -2.22. The van der Waals surface area contributed by atoms with Gasteiger partial charge in [-0.25, -0.2) is 4.68 Å². The molecule has 0 spiro atoms. The van der Waals surface area contributed by atoms with Crippen LogP contribution in [0.5, 0.6) is 0 Å². The van der Waals surface area contributed by atoms with Crippen molar-refractivity contribution in [2.24, 2.45) is 0 Å². The lowest BCUT2D eigenvalue weighted by Gasteiger charge is -2.09. The first kappa shape index (κ1) is 12.2. The van der Waals surface area contributed by atoms with Crippen LogP contribution in [0.3, 0.4) is 0 Å². The van der Waals surface area contributed by atoms with Crippen LogP contribution in [0.4, 0.5) is 5.69 Å². The van der Waals surface area contributed by atoms with Crippen molar-refractivity contribution < 1.29 is 4.79 Å². The lowest BCUT2D eigenvalue weighted by molar-refractivity contribution is 0.0821. The number of rotatable bonds is 2. The second-order valence-electron chi connectivity index (χ2n) is 4.35. The second kappa shape index (κ2) is 4.52. The number of amides is 1. The first-order valence-electron chi connectivity index (χ1n) is 5.63. The van der Waals surface area contributed by atoms with Crippen LogP contribution >= 0.6 is 0 Å². The number of aromatic nitrogens is 2. The molecular weight excluding hydrogens is 228 g/mol. The van der Waals surface area contributed by atoms with E-state index in [4.69, 9.17) is 5.73 Å². The number of hydrogen-bond acceptors (Lipinski definition) is 3. The predicted octanol–water partition coefficient (Wildman–Crippen LogP) is 1.46. The molecule has 0 bridgehead atoms. The molecule has 0 aliphatic carbocycles. The summed E-state index contributed by atoms with van der Waals surface area (Å²) in [5.74, 6) is -0.125. The SMILES string of the molecule is Cc1cccc(-n2ccc(C(=O)N(C)C)n2)c1N. The molecule has 2 rings (SSSR count). The first-order valence-corrected chi connectivity index (χ1v) is 5.63. The Bertz CT molecular complexity index is 586. The predicted molar refractivity (Wildman–Crippen MR) is 70.7 cm³/mol. The average molecular weight is 244 g/mol. The Morgan fingerprint density at radius 2 is 2.06 bits per heavy atom. The van der Waals surface area contributed by atoms with Crippen molar-refractivity contribution in [2.75, 3.05) is 19.8 Å². The van der Waals surface area contributed by atoms with E-state index in [1.807, 2.05) is 25.1 Å². The van der Waals surface area contributed by atoms with Gasteiger partial charge in [0.1, 0.15) is 0 Å². The molecule has 0 radical (unpaired) electrons. The van der Waals surface area contributed by atoms with E-state index in [0.717, 1.165) is 11.3 Å². The fraction of sp³-hybridized carbons (Fsp3) is 0.231. The third-order valence-electron chi connectivity index (χ3n) is 2.76. The second-order valence-corrected chi connectivity index (χ2v) is 4.35. The zero-order chi connectivity index (χ0) is 13.3. The van der Waals surface area contributed by atoms with Crippen molar-refractivity contribution in [1.29, 1.82) is 0 Å². The Balaban J connectivity index is 2.41. The molecule has 0 aliphatic heterocycles. The van der Waals surface area contributed by atoms with E-state index in [9.17, 15) is 4.79 Å². The number of carbonyl (C=O) groups is 1. The maximum Gasteiger partial charge on any atom is 0.273 e. The normalized spacial score (nSPS) is 10.4. The molecule has 18 heavy (non-hydrogen) atoms. The molecular formula is C13H16N4O. The number of carbonyl (C=O) groups excluding carboxylic acids is 1. The number of nitrogens with two attached hydrogens (primary N) is 1. The van der Waals surface area contributed by atoms with Gasteiger partial charge in [0.15, 0.2) is 5.69 Å². The quantitative estimate of drug-likeness (QED) is 0.813. The van der Waals surface area contributed by atoms with Crippen molar-refractivity contribution in [3.63, 3.8) is 0 Å². The van der Waals surface area contributed by atoms with Crippen LogP contribution in [0.25, 0.3) is 5.69 Å². The van der Waals surface area contributed by atoms with Crippen LogP contribution < -0.4 is 5.73 Å². The Labute approximate surface area is 106 Å². The van der Waals surface area contributed by atoms with Gasteiger partial charge in [-0.3, -0.25) is 4.79 Å². The highest BCUT2D eigenvalue weighted by molar-refractivity contribution is 5.91. The standard InChI is InChI=1S/C13H16N4O/c1-9-5-4-6-11(12(9)14)17-8-7-10(15-17)13(18)16(2)3/h4-8H,14H2,1-3H3. The first-order chi connectivity index (χ1) is 8.50. The zero-order valence-corrected chi connectivity index (χ0v) is 10.7. The molecule has 1 aromatic heterocycles. The van der Waals surface area contributed by atoms with E-state index in [1.54, 1.807) is 31.0 Å². The Kier molecular flexibility index (Phi) is 3.06. The number of aryl methyl sites for hydroxylation is 1. The summed E-state index contributed by atoms with van der Waals surface area (Å²) in [4.78, 5) is 13.3. The summed E-state index contributed by atoms with van der Waals surface area (Å²) in [6.07, 6.45) is 1.74. The van der Waals surface area contributed by atoms with E-state index in [0.29, 0.717) is 11.4 Å². The van der Waals surface area contributed by atoms with Crippen LogP contribution in [0, 0.1) is 6.92 Å². The van der Waals surface area contributed by atoms with Gasteiger partial charge < -0.3 is 10.6 Å². The summed E-state index contributed by atoms with van der Waals surface area (Å²) in [6.45, 7) is 1.94. The highest BCUT2D eigenvalue weighted by atomic mass is 16.2. The average Bonchev–Trinajstić information content (AvgIpc) is 2.80. The molecule has 0 aliphatic rings. The molecule has 0 saturated heterocycles. The van der Waals surface area contributed by atoms with Gasteiger partial charge in [-0.05, 0) is 24.6 Å². The lowest BCUT2D eigenvalue weighted by atomic mass is 10.2. The largest absolute Gasteiger partial charge is 0.397 e. The summed E-state index contributed by atoms with van der Waals surface area (Å²) >= 11 is 0. The monoisotopic (exact) mass is 244 g/mol. The molecule has 0 unspecified atom stereocenters. The number of hydrogen-bond donors (Lipinski definition) is 1. The summed E-state index contributed by atoms with van der Waals surface area (Å²) in [5.41, 5.74) is 8.85. The maximum atomic E-state index is 11.8. The van der Waals surface area contributed by atoms with Crippen LogP contribution in [-0.2, 0) is 0 Å². The Morgan fingerprint density at radius 1 is 1.33 bits per heavy atom. The third kappa shape index (κ3) is 2.07. The molecule has 1 aromatic carbocycles. The third-order valence-corrected chi connectivity index (χ3v) is 2.76. The smallest absolute Gasteiger partial charge is 0.273 e. The Hall–Kier alpha value is -2.30. The minimum atomic E-state index is -0.125. The molecule has 2 N–H and O–H groups in total. The van der Waals surface area contributed by atoms with Crippen molar-refractivity contribution >= 4 is 11.6 Å². The van der Waals surface area contributed by atoms with Crippen molar-refractivity contribution in [1.82, 2.24) is 14.7 Å². The topological polar surface area (TPSA) is 64.2 Å². The van der Waals surface area contributed by atoms with E-state index in [1.165, 1.54) is 4.90 Å². The van der Waals surface area contributed by atoms with Crippen LogP contribution in [-0.4, -0.2) is 34.7 Å². The maximum absolute atomic E-state index is 11.8. The van der Waals surface area contributed by atoms with Gasteiger partial charge >= 0.3 is 0 Å². The van der Waals surface area contributed by atoms with Gasteiger partial charge in [0.05, 0.1) is 11.4 Å². The molecule has 1 amide bonds. The van der Waals surface area contributed by atoms with E-state index in [-0.39, 0.29) is 5.91 Å². The van der Waals surface area contributed by atoms with Gasteiger partial charge in [-0.15, -0.1) is 0 Å². The molecule has 0 saturated carbocycles. The number of para-hydroxylation sites is 1. The van der Waals surface area contributed by atoms with Gasteiger partial charge in [-0.2, -0.15) is 5.10 Å². The molecule has 0 atom stereocenters. The van der Waals surface area contributed by atoms with Gasteiger partial charge in [0, 0.05) is 20.3 Å². The minimum absolute atomic E-state index is 0.125. The van der Waals surface area contributed by atoms with Crippen LogP contribution in [0.2, 0.25) is 0 Å². The van der Waals surface area contributed by atoms with Gasteiger partial charge in [0.25, 0.3) is 5.91 Å². The van der Waals surface area contributed by atoms with Gasteiger partial charge in [0.2, 0.25) is 0 Å². The fourth-order valence-electron chi connectivity index (χ4n) is 1.67. The molecule has 5 nitrogen and oxygen atoms in total. The summed E-state index contributed by atoms with van der Waals surface area (Å²) in [7, 11) is 3.39. The number of nitrogens with zero attached hydrogens (tertiary/aromatic N) is 3. The highest BCUT2D eigenvalue weighted by Gasteiger charge is 2.13. The highest BCUT2D eigenvalue weighted by Crippen LogP contribution is 2.20. The Morgan fingerprint density at radius 3 is 2.72 bits per heavy atom.